The first-order chi connectivity index (χ1) is 7.49. The summed E-state index contributed by atoms with van der Waals surface area (Å²) in [5.74, 6) is -0.417. The first-order valence-corrected chi connectivity index (χ1v) is 5.28. The minimum Gasteiger partial charge on any atom is -0.325 e. The highest BCUT2D eigenvalue weighted by molar-refractivity contribution is 5.92. The molecule has 0 heterocycles. The first kappa shape index (κ1) is 12.6. The fraction of sp³-hybridized carbons (Fsp3) is 0.417. The fourth-order valence-corrected chi connectivity index (χ4v) is 1.26. The van der Waals surface area contributed by atoms with Crippen molar-refractivity contribution in [2.24, 2.45) is 0 Å². The number of rotatable bonds is 4. The second kappa shape index (κ2) is 5.61. The van der Waals surface area contributed by atoms with Crippen molar-refractivity contribution in [3.8, 4) is 0 Å². The van der Waals surface area contributed by atoms with E-state index in [-0.39, 0.29) is 24.3 Å². The molecular formula is C12H17FN2O. The number of anilines is 1. The Morgan fingerprint density at radius 3 is 2.69 bits per heavy atom. The van der Waals surface area contributed by atoms with E-state index in [1.165, 1.54) is 12.1 Å². The van der Waals surface area contributed by atoms with E-state index < -0.39 is 0 Å². The summed E-state index contributed by atoms with van der Waals surface area (Å²) in [5.41, 5.74) is 1.37. The van der Waals surface area contributed by atoms with Crippen molar-refractivity contribution in [1.82, 2.24) is 5.32 Å². The van der Waals surface area contributed by atoms with Gasteiger partial charge in [0.05, 0.1) is 6.54 Å². The lowest BCUT2D eigenvalue weighted by Gasteiger charge is -2.10. The monoisotopic (exact) mass is 224 g/mol. The summed E-state index contributed by atoms with van der Waals surface area (Å²) in [4.78, 5) is 11.5. The number of amides is 1. The van der Waals surface area contributed by atoms with Gasteiger partial charge in [-0.1, -0.05) is 13.8 Å². The Morgan fingerprint density at radius 2 is 2.12 bits per heavy atom. The van der Waals surface area contributed by atoms with Gasteiger partial charge in [0.15, 0.2) is 0 Å². The van der Waals surface area contributed by atoms with E-state index in [1.54, 1.807) is 13.0 Å². The van der Waals surface area contributed by atoms with Gasteiger partial charge in [0.1, 0.15) is 5.82 Å². The van der Waals surface area contributed by atoms with Crippen LogP contribution in [0.3, 0.4) is 0 Å². The zero-order chi connectivity index (χ0) is 12.1. The maximum Gasteiger partial charge on any atom is 0.238 e. The third-order valence-corrected chi connectivity index (χ3v) is 2.13. The van der Waals surface area contributed by atoms with Crippen LogP contribution in [0, 0.1) is 12.7 Å². The van der Waals surface area contributed by atoms with E-state index in [2.05, 4.69) is 10.6 Å². The Bertz CT molecular complexity index is 377. The molecular weight excluding hydrogens is 207 g/mol. The van der Waals surface area contributed by atoms with E-state index in [0.29, 0.717) is 5.69 Å². The van der Waals surface area contributed by atoms with E-state index in [9.17, 15) is 9.18 Å². The van der Waals surface area contributed by atoms with Gasteiger partial charge in [-0.2, -0.15) is 0 Å². The van der Waals surface area contributed by atoms with Crippen molar-refractivity contribution in [1.29, 1.82) is 0 Å². The normalized spacial score (nSPS) is 10.6. The van der Waals surface area contributed by atoms with Crippen molar-refractivity contribution in [3.05, 3.63) is 29.6 Å². The number of benzene rings is 1. The fourth-order valence-electron chi connectivity index (χ4n) is 1.26. The zero-order valence-corrected chi connectivity index (χ0v) is 9.80. The van der Waals surface area contributed by atoms with E-state index >= 15 is 0 Å². The van der Waals surface area contributed by atoms with Gasteiger partial charge in [0.2, 0.25) is 5.91 Å². The molecule has 2 N–H and O–H groups in total. The molecule has 0 saturated heterocycles. The van der Waals surface area contributed by atoms with Gasteiger partial charge >= 0.3 is 0 Å². The maximum absolute atomic E-state index is 12.8. The Balaban J connectivity index is 2.56. The maximum atomic E-state index is 12.8. The van der Waals surface area contributed by atoms with E-state index in [4.69, 9.17) is 0 Å². The van der Waals surface area contributed by atoms with Gasteiger partial charge in [-0.15, -0.1) is 0 Å². The van der Waals surface area contributed by atoms with Crippen LogP contribution in [0.2, 0.25) is 0 Å². The van der Waals surface area contributed by atoms with Crippen LogP contribution in [-0.4, -0.2) is 18.5 Å². The zero-order valence-electron chi connectivity index (χ0n) is 9.80. The second-order valence-electron chi connectivity index (χ2n) is 4.04. The first-order valence-electron chi connectivity index (χ1n) is 5.28. The molecule has 0 aliphatic heterocycles. The third-order valence-electron chi connectivity index (χ3n) is 2.13. The van der Waals surface area contributed by atoms with Crippen molar-refractivity contribution < 1.29 is 9.18 Å². The van der Waals surface area contributed by atoms with Crippen molar-refractivity contribution in [2.75, 3.05) is 11.9 Å². The molecule has 0 spiro atoms. The van der Waals surface area contributed by atoms with Crippen LogP contribution in [0.25, 0.3) is 0 Å². The van der Waals surface area contributed by atoms with Gasteiger partial charge in [-0.05, 0) is 30.7 Å². The van der Waals surface area contributed by atoms with Gasteiger partial charge in [-0.25, -0.2) is 4.39 Å². The summed E-state index contributed by atoms with van der Waals surface area (Å²) in [7, 11) is 0. The minimum absolute atomic E-state index is 0.122. The summed E-state index contributed by atoms with van der Waals surface area (Å²) in [6, 6.07) is 4.56. The van der Waals surface area contributed by atoms with E-state index in [0.717, 1.165) is 5.56 Å². The molecule has 1 aromatic carbocycles. The summed E-state index contributed by atoms with van der Waals surface area (Å²) in [5, 5.41) is 5.73. The molecule has 3 nitrogen and oxygen atoms in total. The largest absolute Gasteiger partial charge is 0.325 e. The SMILES string of the molecule is Cc1cc(F)ccc1NC(=O)CNC(C)C. The number of carbonyl (C=O) groups excluding carboxylic acids is 1. The molecule has 16 heavy (non-hydrogen) atoms. The van der Waals surface area contributed by atoms with Crippen LogP contribution in [0.5, 0.6) is 0 Å². The molecule has 0 aliphatic carbocycles. The number of carbonyl (C=O) groups is 1. The average molecular weight is 224 g/mol. The molecule has 1 rings (SSSR count). The molecule has 0 unspecified atom stereocenters. The number of aryl methyl sites for hydroxylation is 1. The standard InChI is InChI=1S/C12H17FN2O/c1-8(2)14-7-12(16)15-11-5-4-10(13)6-9(11)3/h4-6,8,14H,7H2,1-3H3,(H,15,16). The van der Waals surface area contributed by atoms with Crippen molar-refractivity contribution >= 4 is 11.6 Å². The molecule has 0 aliphatic rings. The predicted molar refractivity (Wildman–Crippen MR) is 62.9 cm³/mol. The van der Waals surface area contributed by atoms with Crippen LogP contribution in [0.4, 0.5) is 10.1 Å². The second-order valence-corrected chi connectivity index (χ2v) is 4.04. The number of nitrogens with one attached hydrogen (secondary N) is 2. The topological polar surface area (TPSA) is 41.1 Å². The average Bonchev–Trinajstić information content (AvgIpc) is 2.19. The molecule has 88 valence electrons. The lowest BCUT2D eigenvalue weighted by Crippen LogP contribution is -2.32. The molecule has 0 radical (unpaired) electrons. The van der Waals surface area contributed by atoms with E-state index in [1.807, 2.05) is 13.8 Å². The summed E-state index contributed by atoms with van der Waals surface area (Å²) in [6.07, 6.45) is 0. The van der Waals surface area contributed by atoms with Gasteiger partial charge in [-0.3, -0.25) is 4.79 Å². The molecule has 0 bridgehead atoms. The predicted octanol–water partition coefficient (Wildman–Crippen LogP) is 2.07. The summed E-state index contributed by atoms with van der Waals surface area (Å²) >= 11 is 0. The smallest absolute Gasteiger partial charge is 0.238 e. The Morgan fingerprint density at radius 1 is 1.44 bits per heavy atom. The number of hydrogen-bond donors (Lipinski definition) is 2. The van der Waals surface area contributed by atoms with Gasteiger partial charge in [0.25, 0.3) is 0 Å². The van der Waals surface area contributed by atoms with Crippen molar-refractivity contribution in [2.45, 2.75) is 26.8 Å². The third kappa shape index (κ3) is 3.98. The highest BCUT2D eigenvalue weighted by Gasteiger charge is 2.05. The molecule has 4 heteroatoms. The lowest BCUT2D eigenvalue weighted by molar-refractivity contribution is -0.115. The summed E-state index contributed by atoms with van der Waals surface area (Å²) in [6.45, 7) is 5.95. The Kier molecular flexibility index (Phi) is 4.43. The summed E-state index contributed by atoms with van der Waals surface area (Å²) < 4.78 is 12.8. The van der Waals surface area contributed by atoms with Crippen molar-refractivity contribution in [3.63, 3.8) is 0 Å². The minimum atomic E-state index is -0.296. The highest BCUT2D eigenvalue weighted by Crippen LogP contribution is 2.15. The van der Waals surface area contributed by atoms with Crippen LogP contribution >= 0.6 is 0 Å². The Labute approximate surface area is 95.0 Å². The molecule has 1 amide bonds. The van der Waals surface area contributed by atoms with Gasteiger partial charge in [0, 0.05) is 11.7 Å². The molecule has 0 atom stereocenters. The molecule has 0 aromatic heterocycles. The quantitative estimate of drug-likeness (QED) is 0.822. The molecule has 1 aromatic rings. The van der Waals surface area contributed by atoms with Gasteiger partial charge < -0.3 is 10.6 Å². The van der Waals surface area contributed by atoms with Crippen LogP contribution < -0.4 is 10.6 Å². The van der Waals surface area contributed by atoms with Crippen LogP contribution in [0.1, 0.15) is 19.4 Å². The number of hydrogen-bond acceptors (Lipinski definition) is 2. The highest BCUT2D eigenvalue weighted by atomic mass is 19.1. The van der Waals surface area contributed by atoms with Crippen LogP contribution in [-0.2, 0) is 4.79 Å². The van der Waals surface area contributed by atoms with Crippen LogP contribution in [0.15, 0.2) is 18.2 Å². The molecule has 0 fully saturated rings. The molecule has 0 saturated carbocycles. The number of halogens is 1. The lowest BCUT2D eigenvalue weighted by atomic mass is 10.2. The Hall–Kier alpha value is -1.42.